The smallest absolute Gasteiger partial charge is 0.137 e. The number of hydrogen-bond donors (Lipinski definition) is 3. The van der Waals surface area contributed by atoms with Crippen LogP contribution < -0.4 is 0 Å². The van der Waals surface area contributed by atoms with Crippen molar-refractivity contribution in [3.05, 3.63) is 11.6 Å². The molecule has 4 aliphatic carbocycles. The molecule has 5 heteroatoms. The van der Waals surface area contributed by atoms with E-state index in [1.165, 1.54) is 5.57 Å². The Labute approximate surface area is 192 Å². The van der Waals surface area contributed by atoms with Gasteiger partial charge in [-0.2, -0.15) is 0 Å². The highest BCUT2D eigenvalue weighted by molar-refractivity contribution is 5.92. The van der Waals surface area contributed by atoms with Gasteiger partial charge in [-0.1, -0.05) is 32.4 Å². The molecule has 4 aliphatic rings. The number of allylic oxidation sites excluding steroid dienone is 1. The molecular formula is C27H42O5. The Morgan fingerprint density at radius 2 is 1.84 bits per heavy atom. The van der Waals surface area contributed by atoms with E-state index in [2.05, 4.69) is 19.9 Å². The summed E-state index contributed by atoms with van der Waals surface area (Å²) in [5, 5.41) is 28.8. The first-order valence-corrected chi connectivity index (χ1v) is 12.8. The standard InChI is InChI=1S/C27H42O5/c1-16(23(31)7-4-17(14-28)15-29)25-24(32)13-22-20-6-5-18-12-19(30)8-10-26(18,2)21(20)9-11-27(22,25)3/h5,16-17,19-22,25,28-30H,4,6-15H2,1-3H3/t16-,19+,20-,21+,22+,25+,26+,27+/m1/s1. The summed E-state index contributed by atoms with van der Waals surface area (Å²) in [6.07, 6.45) is 9.36. The molecule has 8 atom stereocenters. The van der Waals surface area contributed by atoms with Gasteiger partial charge in [0.1, 0.15) is 11.6 Å². The molecule has 0 aliphatic heterocycles. The molecule has 0 aromatic carbocycles. The number of Topliss-reactive ketones (excluding diaryl/α,β-unsaturated/α-hetero) is 2. The molecule has 180 valence electrons. The summed E-state index contributed by atoms with van der Waals surface area (Å²) in [7, 11) is 0. The Morgan fingerprint density at radius 3 is 2.53 bits per heavy atom. The normalized spacial score (nSPS) is 42.2. The summed E-state index contributed by atoms with van der Waals surface area (Å²) in [5.74, 6) is 0.969. The van der Waals surface area contributed by atoms with Gasteiger partial charge in [-0.3, -0.25) is 9.59 Å². The largest absolute Gasteiger partial charge is 0.396 e. The van der Waals surface area contributed by atoms with Crippen LogP contribution in [-0.2, 0) is 9.59 Å². The lowest BCUT2D eigenvalue weighted by atomic mass is 9.47. The van der Waals surface area contributed by atoms with Crippen molar-refractivity contribution in [3.63, 3.8) is 0 Å². The van der Waals surface area contributed by atoms with E-state index < -0.39 is 0 Å². The average Bonchev–Trinajstić information content (AvgIpc) is 3.04. The van der Waals surface area contributed by atoms with Crippen LogP contribution in [0.5, 0.6) is 0 Å². The Morgan fingerprint density at radius 1 is 1.12 bits per heavy atom. The van der Waals surface area contributed by atoms with Crippen molar-refractivity contribution in [1.82, 2.24) is 0 Å². The second-order valence-corrected chi connectivity index (χ2v) is 11.9. The third-order valence-electron chi connectivity index (χ3n) is 10.3. The predicted octanol–water partition coefficient (Wildman–Crippen LogP) is 3.69. The number of hydrogen-bond acceptors (Lipinski definition) is 5. The fraction of sp³-hybridized carbons (Fsp3) is 0.852. The molecule has 0 unspecified atom stereocenters. The van der Waals surface area contributed by atoms with Crippen LogP contribution in [0.25, 0.3) is 0 Å². The molecule has 3 fully saturated rings. The molecule has 5 nitrogen and oxygen atoms in total. The molecule has 3 N–H and O–H groups in total. The third kappa shape index (κ3) is 3.82. The topological polar surface area (TPSA) is 94.8 Å². The van der Waals surface area contributed by atoms with Gasteiger partial charge in [-0.05, 0) is 73.5 Å². The quantitative estimate of drug-likeness (QED) is 0.519. The number of carbonyl (C=O) groups excluding carboxylic acids is 2. The van der Waals surface area contributed by atoms with Crippen molar-refractivity contribution in [2.45, 2.75) is 84.7 Å². The maximum Gasteiger partial charge on any atom is 0.137 e. The van der Waals surface area contributed by atoms with Crippen molar-refractivity contribution in [2.75, 3.05) is 13.2 Å². The van der Waals surface area contributed by atoms with Crippen LogP contribution in [-0.4, -0.2) is 46.2 Å². The fourth-order valence-corrected chi connectivity index (χ4v) is 8.32. The van der Waals surface area contributed by atoms with Gasteiger partial charge in [0.2, 0.25) is 0 Å². The molecule has 0 aromatic rings. The van der Waals surface area contributed by atoms with Crippen LogP contribution in [0.1, 0.15) is 78.6 Å². The van der Waals surface area contributed by atoms with Gasteiger partial charge in [-0.15, -0.1) is 0 Å². The van der Waals surface area contributed by atoms with Crippen LogP contribution in [0.4, 0.5) is 0 Å². The number of ketones is 2. The first kappa shape index (κ1) is 24.1. The molecule has 3 saturated carbocycles. The van der Waals surface area contributed by atoms with E-state index in [9.17, 15) is 24.9 Å². The summed E-state index contributed by atoms with van der Waals surface area (Å²) < 4.78 is 0. The predicted molar refractivity (Wildman–Crippen MR) is 123 cm³/mol. The first-order valence-electron chi connectivity index (χ1n) is 12.8. The van der Waals surface area contributed by atoms with Crippen molar-refractivity contribution in [3.8, 4) is 0 Å². The van der Waals surface area contributed by atoms with Gasteiger partial charge in [0.05, 0.1) is 6.10 Å². The molecule has 4 rings (SSSR count). The van der Waals surface area contributed by atoms with E-state index >= 15 is 0 Å². The lowest BCUT2D eigenvalue weighted by molar-refractivity contribution is -0.134. The molecule has 0 bridgehead atoms. The Kier molecular flexibility index (Phi) is 6.75. The number of aliphatic hydroxyl groups is 3. The number of fused-ring (bicyclic) bond motifs is 5. The third-order valence-corrected chi connectivity index (χ3v) is 10.3. The van der Waals surface area contributed by atoms with Gasteiger partial charge < -0.3 is 15.3 Å². The van der Waals surface area contributed by atoms with Crippen LogP contribution in [0.3, 0.4) is 0 Å². The van der Waals surface area contributed by atoms with Crippen molar-refractivity contribution in [2.24, 2.45) is 46.3 Å². The molecule has 0 spiro atoms. The first-order chi connectivity index (χ1) is 15.2. The molecule has 0 heterocycles. The summed E-state index contributed by atoms with van der Waals surface area (Å²) in [6, 6.07) is 0. The number of rotatable bonds is 7. The maximum atomic E-state index is 13.3. The van der Waals surface area contributed by atoms with Gasteiger partial charge in [0.25, 0.3) is 0 Å². The van der Waals surface area contributed by atoms with Gasteiger partial charge >= 0.3 is 0 Å². The zero-order valence-corrected chi connectivity index (χ0v) is 20.1. The lowest BCUT2D eigenvalue weighted by Crippen LogP contribution is -2.51. The van der Waals surface area contributed by atoms with E-state index in [1.54, 1.807) is 0 Å². The summed E-state index contributed by atoms with van der Waals surface area (Å²) in [5.41, 5.74) is 1.46. The van der Waals surface area contributed by atoms with Crippen molar-refractivity contribution < 1.29 is 24.9 Å². The SMILES string of the molecule is C[C@H](C(=O)CCC(CO)CO)[C@H]1C(=O)C[C@H]2[C@@H]3CC=C4C[C@@H](O)CC[C@]4(C)[C@H]3CC[C@]12C. The van der Waals surface area contributed by atoms with Gasteiger partial charge in [0, 0.05) is 43.8 Å². The zero-order valence-electron chi connectivity index (χ0n) is 20.1. The van der Waals surface area contributed by atoms with Crippen LogP contribution >= 0.6 is 0 Å². The molecule has 32 heavy (non-hydrogen) atoms. The number of aliphatic hydroxyl groups excluding tert-OH is 3. The fourth-order valence-electron chi connectivity index (χ4n) is 8.32. The van der Waals surface area contributed by atoms with E-state index in [-0.39, 0.29) is 59.5 Å². The maximum absolute atomic E-state index is 13.3. The summed E-state index contributed by atoms with van der Waals surface area (Å²) in [4.78, 5) is 26.4. The minimum Gasteiger partial charge on any atom is -0.396 e. The average molecular weight is 447 g/mol. The Bertz CT molecular complexity index is 770. The highest BCUT2D eigenvalue weighted by Crippen LogP contribution is 2.66. The van der Waals surface area contributed by atoms with Crippen LogP contribution in [0.2, 0.25) is 0 Å². The minimum atomic E-state index is -0.304. The molecule has 0 saturated heterocycles. The Balaban J connectivity index is 1.52. The minimum absolute atomic E-state index is 0.0957. The Hall–Kier alpha value is -1.04. The highest BCUT2D eigenvalue weighted by Gasteiger charge is 2.62. The van der Waals surface area contributed by atoms with Gasteiger partial charge in [0.15, 0.2) is 0 Å². The lowest BCUT2D eigenvalue weighted by Gasteiger charge is -2.58. The van der Waals surface area contributed by atoms with E-state index in [0.717, 1.165) is 38.5 Å². The summed E-state index contributed by atoms with van der Waals surface area (Å²) in [6.45, 7) is 6.36. The van der Waals surface area contributed by atoms with E-state index in [4.69, 9.17) is 0 Å². The van der Waals surface area contributed by atoms with Crippen molar-refractivity contribution in [1.29, 1.82) is 0 Å². The van der Waals surface area contributed by atoms with Crippen molar-refractivity contribution >= 4 is 11.6 Å². The zero-order chi connectivity index (χ0) is 23.3. The van der Waals surface area contributed by atoms with Crippen LogP contribution in [0, 0.1) is 46.3 Å². The second kappa shape index (κ2) is 8.96. The molecule has 0 amide bonds. The van der Waals surface area contributed by atoms with E-state index in [1.807, 2.05) is 6.92 Å². The highest BCUT2D eigenvalue weighted by atomic mass is 16.3. The van der Waals surface area contributed by atoms with Crippen LogP contribution in [0.15, 0.2) is 11.6 Å². The molecule has 0 radical (unpaired) electrons. The van der Waals surface area contributed by atoms with E-state index in [0.29, 0.717) is 37.0 Å². The number of carbonyl (C=O) groups is 2. The monoisotopic (exact) mass is 446 g/mol. The molecule has 0 aromatic heterocycles. The van der Waals surface area contributed by atoms with Gasteiger partial charge in [-0.25, -0.2) is 0 Å². The second-order valence-electron chi connectivity index (χ2n) is 11.9. The molecular weight excluding hydrogens is 404 g/mol. The summed E-state index contributed by atoms with van der Waals surface area (Å²) >= 11 is 0.